The van der Waals surface area contributed by atoms with E-state index < -0.39 is 0 Å². The first kappa shape index (κ1) is 15.5. The Bertz CT molecular complexity index is 567. The van der Waals surface area contributed by atoms with Gasteiger partial charge in [-0.15, -0.1) is 0 Å². The Labute approximate surface area is 130 Å². The lowest BCUT2D eigenvalue weighted by Crippen LogP contribution is -2.03. The van der Waals surface area contributed by atoms with Gasteiger partial charge >= 0.3 is 0 Å². The molecule has 0 heterocycles. The second-order valence-electron chi connectivity index (χ2n) is 4.45. The summed E-state index contributed by atoms with van der Waals surface area (Å²) in [5.74, 6) is 2.12. The van der Waals surface area contributed by atoms with E-state index in [1.54, 1.807) is 13.2 Å². The van der Waals surface area contributed by atoms with E-state index >= 15 is 0 Å². The molecule has 2 aromatic rings. The summed E-state index contributed by atoms with van der Waals surface area (Å²) in [6.07, 6.45) is 0.792. The summed E-state index contributed by atoms with van der Waals surface area (Å²) < 4.78 is 16.4. The average Bonchev–Trinajstić information content (AvgIpc) is 2.51. The fourth-order valence-electron chi connectivity index (χ4n) is 1.98. The molecule has 0 aliphatic rings. The number of methoxy groups -OCH3 is 1. The van der Waals surface area contributed by atoms with Crippen molar-refractivity contribution in [2.24, 2.45) is 0 Å². The third kappa shape index (κ3) is 4.30. The number of halogens is 1. The van der Waals surface area contributed by atoms with Gasteiger partial charge in [-0.2, -0.15) is 0 Å². The lowest BCUT2D eigenvalue weighted by atomic mass is 10.1. The van der Waals surface area contributed by atoms with Gasteiger partial charge in [0.2, 0.25) is 0 Å². The summed E-state index contributed by atoms with van der Waals surface area (Å²) in [5, 5.41) is 0.557. The number of ether oxygens (including phenoxy) is 3. The van der Waals surface area contributed by atoms with E-state index in [1.807, 2.05) is 43.3 Å². The van der Waals surface area contributed by atoms with Gasteiger partial charge in [0.1, 0.15) is 5.75 Å². The van der Waals surface area contributed by atoms with Gasteiger partial charge in [-0.1, -0.05) is 29.8 Å². The van der Waals surface area contributed by atoms with Crippen LogP contribution in [0.4, 0.5) is 0 Å². The number of hydrogen-bond acceptors (Lipinski definition) is 3. The predicted molar refractivity (Wildman–Crippen MR) is 84.8 cm³/mol. The minimum Gasteiger partial charge on any atom is -0.494 e. The predicted octanol–water partition coefficient (Wildman–Crippen LogP) is 4.37. The highest BCUT2D eigenvalue weighted by molar-refractivity contribution is 6.32. The maximum atomic E-state index is 6.12. The molecule has 0 amide bonds. The molecular formula is C17H19ClO3. The molecule has 0 fully saturated rings. The van der Waals surface area contributed by atoms with Crippen LogP contribution < -0.4 is 14.2 Å². The van der Waals surface area contributed by atoms with Gasteiger partial charge in [0.05, 0.1) is 25.3 Å². The molecule has 0 unspecified atom stereocenters. The molecule has 0 aromatic heterocycles. The van der Waals surface area contributed by atoms with E-state index in [-0.39, 0.29) is 0 Å². The second-order valence-corrected chi connectivity index (χ2v) is 4.85. The molecule has 0 saturated heterocycles. The van der Waals surface area contributed by atoms with Crippen LogP contribution in [0.25, 0.3) is 0 Å². The molecule has 0 saturated carbocycles. The van der Waals surface area contributed by atoms with E-state index in [9.17, 15) is 0 Å². The Morgan fingerprint density at radius 1 is 1.00 bits per heavy atom. The summed E-state index contributed by atoms with van der Waals surface area (Å²) in [5.41, 5.74) is 1.18. The van der Waals surface area contributed by atoms with Gasteiger partial charge in [-0.3, -0.25) is 0 Å². The highest BCUT2D eigenvalue weighted by atomic mass is 35.5. The summed E-state index contributed by atoms with van der Waals surface area (Å²) in [6.45, 7) is 3.18. The zero-order valence-electron chi connectivity index (χ0n) is 12.3. The normalized spacial score (nSPS) is 10.2. The van der Waals surface area contributed by atoms with Gasteiger partial charge in [0, 0.05) is 6.42 Å². The third-order valence-corrected chi connectivity index (χ3v) is 3.32. The molecule has 2 rings (SSSR count). The molecule has 112 valence electrons. The Hall–Kier alpha value is -1.87. The van der Waals surface area contributed by atoms with Gasteiger partial charge in [-0.05, 0) is 36.8 Å². The Morgan fingerprint density at radius 2 is 1.76 bits per heavy atom. The zero-order valence-corrected chi connectivity index (χ0v) is 13.0. The SMILES string of the molecule is CCOc1ccc(CCOc2c(Cl)cccc2OC)cc1. The molecule has 0 atom stereocenters. The topological polar surface area (TPSA) is 27.7 Å². The minimum absolute atomic E-state index is 0.536. The second kappa shape index (κ2) is 7.79. The molecule has 0 aliphatic heterocycles. The monoisotopic (exact) mass is 306 g/mol. The number of benzene rings is 2. The van der Waals surface area contributed by atoms with Crippen molar-refractivity contribution in [3.8, 4) is 17.2 Å². The lowest BCUT2D eigenvalue weighted by molar-refractivity contribution is 0.298. The highest BCUT2D eigenvalue weighted by Gasteiger charge is 2.08. The smallest absolute Gasteiger partial charge is 0.179 e. The first-order valence-electron chi connectivity index (χ1n) is 6.91. The van der Waals surface area contributed by atoms with Gasteiger partial charge in [0.25, 0.3) is 0 Å². The number of rotatable bonds is 7. The zero-order chi connectivity index (χ0) is 15.1. The van der Waals surface area contributed by atoms with Crippen molar-refractivity contribution in [2.45, 2.75) is 13.3 Å². The van der Waals surface area contributed by atoms with E-state index in [0.717, 1.165) is 12.2 Å². The molecule has 0 radical (unpaired) electrons. The largest absolute Gasteiger partial charge is 0.494 e. The van der Waals surface area contributed by atoms with Crippen molar-refractivity contribution in [3.63, 3.8) is 0 Å². The van der Waals surface area contributed by atoms with Crippen LogP contribution in [0.1, 0.15) is 12.5 Å². The first-order valence-corrected chi connectivity index (χ1v) is 7.29. The fraction of sp³-hybridized carbons (Fsp3) is 0.294. The van der Waals surface area contributed by atoms with Crippen molar-refractivity contribution in [1.82, 2.24) is 0 Å². The Kier molecular flexibility index (Phi) is 5.76. The van der Waals surface area contributed by atoms with Crippen LogP contribution in [-0.2, 0) is 6.42 Å². The minimum atomic E-state index is 0.536. The van der Waals surface area contributed by atoms with Crippen LogP contribution in [0.3, 0.4) is 0 Å². The summed E-state index contributed by atoms with van der Waals surface area (Å²) in [7, 11) is 1.60. The van der Waals surface area contributed by atoms with Crippen LogP contribution in [0.2, 0.25) is 5.02 Å². The van der Waals surface area contributed by atoms with Crippen molar-refractivity contribution in [2.75, 3.05) is 20.3 Å². The lowest BCUT2D eigenvalue weighted by Gasteiger charge is -2.12. The molecule has 0 bridgehead atoms. The maximum Gasteiger partial charge on any atom is 0.179 e. The molecule has 3 nitrogen and oxygen atoms in total. The van der Waals surface area contributed by atoms with E-state index in [2.05, 4.69) is 0 Å². The van der Waals surface area contributed by atoms with E-state index in [4.69, 9.17) is 25.8 Å². The van der Waals surface area contributed by atoms with E-state index in [0.29, 0.717) is 29.7 Å². The fourth-order valence-corrected chi connectivity index (χ4v) is 2.20. The molecule has 2 aromatic carbocycles. The maximum absolute atomic E-state index is 6.12. The number of para-hydroxylation sites is 1. The van der Waals surface area contributed by atoms with Crippen molar-refractivity contribution in [3.05, 3.63) is 53.1 Å². The first-order chi connectivity index (χ1) is 10.2. The molecule has 0 spiro atoms. The van der Waals surface area contributed by atoms with Crippen molar-refractivity contribution < 1.29 is 14.2 Å². The van der Waals surface area contributed by atoms with Crippen LogP contribution in [-0.4, -0.2) is 20.3 Å². The summed E-state index contributed by atoms with van der Waals surface area (Å²) in [6, 6.07) is 13.5. The summed E-state index contributed by atoms with van der Waals surface area (Å²) >= 11 is 6.12. The van der Waals surface area contributed by atoms with Crippen LogP contribution in [0.5, 0.6) is 17.2 Å². The molecule has 21 heavy (non-hydrogen) atoms. The van der Waals surface area contributed by atoms with Crippen molar-refractivity contribution in [1.29, 1.82) is 0 Å². The standard InChI is InChI=1S/C17H19ClO3/c1-3-20-14-9-7-13(8-10-14)11-12-21-17-15(18)5-4-6-16(17)19-2/h4-10H,3,11-12H2,1-2H3. The molecule has 4 heteroatoms. The highest BCUT2D eigenvalue weighted by Crippen LogP contribution is 2.34. The Morgan fingerprint density at radius 3 is 2.43 bits per heavy atom. The van der Waals surface area contributed by atoms with Gasteiger partial charge in [-0.25, -0.2) is 0 Å². The Balaban J connectivity index is 1.92. The number of hydrogen-bond donors (Lipinski definition) is 0. The summed E-state index contributed by atoms with van der Waals surface area (Å²) in [4.78, 5) is 0. The van der Waals surface area contributed by atoms with Gasteiger partial charge < -0.3 is 14.2 Å². The van der Waals surface area contributed by atoms with Crippen LogP contribution in [0.15, 0.2) is 42.5 Å². The third-order valence-electron chi connectivity index (χ3n) is 3.02. The van der Waals surface area contributed by atoms with Crippen LogP contribution in [0, 0.1) is 0 Å². The molecule has 0 aliphatic carbocycles. The molecular weight excluding hydrogens is 288 g/mol. The average molecular weight is 307 g/mol. The van der Waals surface area contributed by atoms with Crippen molar-refractivity contribution >= 4 is 11.6 Å². The van der Waals surface area contributed by atoms with E-state index in [1.165, 1.54) is 5.56 Å². The van der Waals surface area contributed by atoms with Crippen LogP contribution >= 0.6 is 11.6 Å². The van der Waals surface area contributed by atoms with Gasteiger partial charge in [0.15, 0.2) is 11.5 Å². The molecule has 0 N–H and O–H groups in total. The quantitative estimate of drug-likeness (QED) is 0.760.